The van der Waals surface area contributed by atoms with Gasteiger partial charge in [-0.05, 0) is 12.8 Å². The molecule has 0 aromatic heterocycles. The first-order valence-electron chi connectivity index (χ1n) is 11.7. The monoisotopic (exact) mass is 429 g/mol. The molecule has 0 amide bonds. The molecule has 6 nitrogen and oxygen atoms in total. The van der Waals surface area contributed by atoms with Crippen molar-refractivity contribution in [3.05, 3.63) is 24.3 Å². The summed E-state index contributed by atoms with van der Waals surface area (Å²) in [5.74, 6) is -0.885. The van der Waals surface area contributed by atoms with E-state index >= 15 is 0 Å². The largest absolute Gasteiger partial charge is 0.478 e. The van der Waals surface area contributed by atoms with Crippen molar-refractivity contribution in [2.75, 3.05) is 39.5 Å². The van der Waals surface area contributed by atoms with Crippen molar-refractivity contribution < 1.29 is 25.2 Å². The van der Waals surface area contributed by atoms with Gasteiger partial charge in [0.15, 0.2) is 0 Å². The molecule has 0 aromatic rings. The lowest BCUT2D eigenvalue weighted by atomic mass is 10.1. The molecule has 0 bridgehead atoms. The summed E-state index contributed by atoms with van der Waals surface area (Å²) in [6.45, 7) is 4.01. The standard InChI is InChI=1S/C18H32O2.C6H15NO3/c1-2-3-4-5-6-7-8-9-10-11-12-13-14-15-16-17-18(19)20;8-4-1-7(2-5-9)3-6-10/h14-17H,2-13H2,1H3,(H,19,20);8-10H,1-6H2/b15-14+,17-16+;. The molecule has 0 rings (SSSR count). The Morgan fingerprint density at radius 1 is 0.700 bits per heavy atom. The zero-order valence-electron chi connectivity index (χ0n) is 19.2. The van der Waals surface area contributed by atoms with Gasteiger partial charge in [0.25, 0.3) is 0 Å². The van der Waals surface area contributed by atoms with Crippen LogP contribution in [0.15, 0.2) is 24.3 Å². The fraction of sp³-hybridized carbons (Fsp3) is 0.792. The number of hydrogen-bond acceptors (Lipinski definition) is 5. The zero-order valence-corrected chi connectivity index (χ0v) is 19.2. The summed E-state index contributed by atoms with van der Waals surface area (Å²) in [4.78, 5) is 12.0. The van der Waals surface area contributed by atoms with Crippen LogP contribution >= 0.6 is 0 Å². The van der Waals surface area contributed by atoms with Crippen LogP contribution in [0.4, 0.5) is 0 Å². The number of carbonyl (C=O) groups is 1. The molecule has 0 saturated heterocycles. The fourth-order valence-electron chi connectivity index (χ4n) is 3.00. The van der Waals surface area contributed by atoms with E-state index in [1.807, 2.05) is 12.2 Å². The van der Waals surface area contributed by atoms with Crippen molar-refractivity contribution in [1.82, 2.24) is 4.90 Å². The Bertz CT molecular complexity index is 385. The number of allylic oxidation sites excluding steroid dienone is 3. The highest BCUT2D eigenvalue weighted by atomic mass is 16.4. The SMILES string of the molecule is CCCCCCCCCCCCC/C=C/C=C/C(=O)O.OCCN(CCO)CCO. The van der Waals surface area contributed by atoms with Crippen LogP contribution in [0.25, 0.3) is 0 Å². The summed E-state index contributed by atoms with van der Waals surface area (Å²) >= 11 is 0. The van der Waals surface area contributed by atoms with Gasteiger partial charge in [0, 0.05) is 25.7 Å². The van der Waals surface area contributed by atoms with Crippen molar-refractivity contribution in [3.63, 3.8) is 0 Å². The van der Waals surface area contributed by atoms with Crippen LogP contribution in [0, 0.1) is 0 Å². The minimum absolute atomic E-state index is 0.0694. The molecule has 178 valence electrons. The molecule has 0 unspecified atom stereocenters. The first-order valence-corrected chi connectivity index (χ1v) is 11.7. The Labute approximate surface area is 184 Å². The third kappa shape index (κ3) is 29.0. The number of rotatable bonds is 20. The first kappa shape index (κ1) is 31.0. The molecule has 0 aliphatic heterocycles. The third-order valence-corrected chi connectivity index (χ3v) is 4.71. The molecule has 0 heterocycles. The molecule has 30 heavy (non-hydrogen) atoms. The van der Waals surface area contributed by atoms with Crippen LogP contribution in [-0.2, 0) is 4.79 Å². The molecule has 6 heteroatoms. The second-order valence-corrected chi connectivity index (χ2v) is 7.46. The maximum Gasteiger partial charge on any atom is 0.328 e. The van der Waals surface area contributed by atoms with Gasteiger partial charge in [0.2, 0.25) is 0 Å². The second kappa shape index (κ2) is 27.8. The van der Waals surface area contributed by atoms with Gasteiger partial charge in [0.1, 0.15) is 0 Å². The Morgan fingerprint density at radius 3 is 1.53 bits per heavy atom. The minimum Gasteiger partial charge on any atom is -0.478 e. The van der Waals surface area contributed by atoms with E-state index in [9.17, 15) is 4.79 Å². The predicted octanol–water partition coefficient (Wildman–Crippen LogP) is 4.15. The quantitative estimate of drug-likeness (QED) is 0.132. The van der Waals surface area contributed by atoms with E-state index in [1.165, 1.54) is 70.6 Å². The number of carboxylic acids is 1. The van der Waals surface area contributed by atoms with Gasteiger partial charge < -0.3 is 20.4 Å². The van der Waals surface area contributed by atoms with Crippen LogP contribution in [0.2, 0.25) is 0 Å². The smallest absolute Gasteiger partial charge is 0.328 e. The zero-order chi connectivity index (χ0) is 22.7. The summed E-state index contributed by atoms with van der Waals surface area (Å²) in [7, 11) is 0. The van der Waals surface area contributed by atoms with Gasteiger partial charge in [-0.25, -0.2) is 4.79 Å². The van der Waals surface area contributed by atoms with E-state index in [-0.39, 0.29) is 19.8 Å². The highest BCUT2D eigenvalue weighted by Crippen LogP contribution is 2.11. The van der Waals surface area contributed by atoms with Crippen molar-refractivity contribution in [3.8, 4) is 0 Å². The third-order valence-electron chi connectivity index (χ3n) is 4.71. The van der Waals surface area contributed by atoms with Crippen LogP contribution in [0.1, 0.15) is 84.0 Å². The highest BCUT2D eigenvalue weighted by molar-refractivity contribution is 5.80. The molecule has 0 aromatic carbocycles. The van der Waals surface area contributed by atoms with Crippen molar-refractivity contribution in [2.24, 2.45) is 0 Å². The van der Waals surface area contributed by atoms with E-state index in [0.717, 1.165) is 12.5 Å². The lowest BCUT2D eigenvalue weighted by Gasteiger charge is -2.17. The number of carboxylic acid groups (broad SMARTS) is 1. The summed E-state index contributed by atoms with van der Waals surface area (Å²) < 4.78 is 0. The van der Waals surface area contributed by atoms with Gasteiger partial charge in [-0.15, -0.1) is 0 Å². The average molecular weight is 430 g/mol. The normalized spacial score (nSPS) is 11.4. The number of hydrogen-bond donors (Lipinski definition) is 4. The maximum absolute atomic E-state index is 10.2. The summed E-state index contributed by atoms with van der Waals surface area (Å²) in [5, 5.41) is 33.9. The molecule has 0 atom stereocenters. The number of aliphatic hydroxyl groups excluding tert-OH is 3. The Hall–Kier alpha value is -1.21. The van der Waals surface area contributed by atoms with Crippen molar-refractivity contribution >= 4 is 5.97 Å². The van der Waals surface area contributed by atoms with Crippen LogP contribution < -0.4 is 0 Å². The Kier molecular flexibility index (Phi) is 28.7. The van der Waals surface area contributed by atoms with Crippen molar-refractivity contribution in [1.29, 1.82) is 0 Å². The van der Waals surface area contributed by atoms with Crippen LogP contribution in [0.3, 0.4) is 0 Å². The van der Waals surface area contributed by atoms with Gasteiger partial charge >= 0.3 is 5.97 Å². The number of nitrogens with zero attached hydrogens (tertiary/aromatic N) is 1. The minimum atomic E-state index is -0.885. The Balaban J connectivity index is 0. The van der Waals surface area contributed by atoms with Gasteiger partial charge in [0.05, 0.1) is 19.8 Å². The highest BCUT2D eigenvalue weighted by Gasteiger charge is 2.00. The molecule has 0 spiro atoms. The summed E-state index contributed by atoms with van der Waals surface area (Å²) in [6, 6.07) is 0. The molecule has 0 radical (unpaired) electrons. The molecule has 0 saturated carbocycles. The first-order chi connectivity index (χ1) is 14.6. The molecule has 4 N–H and O–H groups in total. The van der Waals surface area contributed by atoms with Gasteiger partial charge in [-0.1, -0.05) is 89.4 Å². The summed E-state index contributed by atoms with van der Waals surface area (Å²) in [5.41, 5.74) is 0. The number of aliphatic hydroxyl groups is 3. The topological polar surface area (TPSA) is 101 Å². The van der Waals surface area contributed by atoms with E-state index in [1.54, 1.807) is 11.0 Å². The average Bonchev–Trinajstić information content (AvgIpc) is 2.72. The van der Waals surface area contributed by atoms with Gasteiger partial charge in [-0.2, -0.15) is 0 Å². The summed E-state index contributed by atoms with van der Waals surface area (Å²) in [6.07, 6.45) is 22.7. The lowest BCUT2D eigenvalue weighted by molar-refractivity contribution is -0.131. The molecular formula is C24H47NO5. The van der Waals surface area contributed by atoms with Crippen LogP contribution in [-0.4, -0.2) is 70.8 Å². The maximum atomic E-state index is 10.2. The molecular weight excluding hydrogens is 382 g/mol. The Morgan fingerprint density at radius 2 is 1.13 bits per heavy atom. The van der Waals surface area contributed by atoms with E-state index in [4.69, 9.17) is 20.4 Å². The fourth-order valence-corrected chi connectivity index (χ4v) is 3.00. The molecule has 0 aliphatic carbocycles. The van der Waals surface area contributed by atoms with E-state index in [0.29, 0.717) is 19.6 Å². The number of unbranched alkanes of at least 4 members (excludes halogenated alkanes) is 11. The van der Waals surface area contributed by atoms with E-state index < -0.39 is 5.97 Å². The molecule has 0 fully saturated rings. The predicted molar refractivity (Wildman–Crippen MR) is 125 cm³/mol. The van der Waals surface area contributed by atoms with Gasteiger partial charge in [-0.3, -0.25) is 4.90 Å². The molecule has 0 aliphatic rings. The van der Waals surface area contributed by atoms with Crippen molar-refractivity contribution in [2.45, 2.75) is 84.0 Å². The van der Waals surface area contributed by atoms with E-state index in [2.05, 4.69) is 6.92 Å². The lowest BCUT2D eigenvalue weighted by Crippen LogP contribution is -2.32. The second-order valence-electron chi connectivity index (χ2n) is 7.46. The number of aliphatic carboxylic acids is 1. The van der Waals surface area contributed by atoms with Crippen LogP contribution in [0.5, 0.6) is 0 Å².